The zero-order valence-electron chi connectivity index (χ0n) is 15.1. The first kappa shape index (κ1) is 19.5. The predicted molar refractivity (Wildman–Crippen MR) is 103 cm³/mol. The van der Waals surface area contributed by atoms with Crippen molar-refractivity contribution in [2.75, 3.05) is 32.8 Å². The molecule has 1 aliphatic rings. The molecule has 7 heteroatoms. The van der Waals surface area contributed by atoms with E-state index in [9.17, 15) is 13.2 Å². The van der Waals surface area contributed by atoms with Gasteiger partial charge in [0.15, 0.2) is 0 Å². The van der Waals surface area contributed by atoms with Gasteiger partial charge in [-0.3, -0.25) is 4.79 Å². The number of morpholine rings is 1. The molecule has 0 aromatic heterocycles. The Morgan fingerprint density at radius 1 is 1.00 bits per heavy atom. The quantitative estimate of drug-likeness (QED) is 0.737. The number of aryl methyl sites for hydroxylation is 1. The van der Waals surface area contributed by atoms with Crippen molar-refractivity contribution in [1.29, 1.82) is 0 Å². The molecule has 1 amide bonds. The summed E-state index contributed by atoms with van der Waals surface area (Å²) in [6.07, 6.45) is 1.75. The number of ether oxygens (including phenoxy) is 1. The van der Waals surface area contributed by atoms with Gasteiger partial charge in [-0.1, -0.05) is 30.3 Å². The first-order valence-corrected chi connectivity index (χ1v) is 10.5. The molecule has 6 nitrogen and oxygen atoms in total. The second-order valence-corrected chi connectivity index (χ2v) is 8.32. The Bertz CT molecular complexity index is 845. The van der Waals surface area contributed by atoms with Crippen molar-refractivity contribution < 1.29 is 17.9 Å². The number of carbonyl (C=O) groups excluding carboxylic acids is 1. The van der Waals surface area contributed by atoms with Crippen molar-refractivity contribution in [3.8, 4) is 0 Å². The topological polar surface area (TPSA) is 75.7 Å². The summed E-state index contributed by atoms with van der Waals surface area (Å²) >= 11 is 0. The number of sulfonamides is 1. The van der Waals surface area contributed by atoms with Gasteiger partial charge in [-0.15, -0.1) is 0 Å². The third-order valence-electron chi connectivity index (χ3n) is 4.49. The smallest absolute Gasteiger partial charge is 0.251 e. The van der Waals surface area contributed by atoms with Gasteiger partial charge in [0.1, 0.15) is 0 Å². The number of benzene rings is 2. The van der Waals surface area contributed by atoms with Crippen LogP contribution in [0.25, 0.3) is 0 Å². The fourth-order valence-electron chi connectivity index (χ4n) is 2.96. The zero-order valence-corrected chi connectivity index (χ0v) is 16.0. The lowest BCUT2D eigenvalue weighted by Crippen LogP contribution is -2.40. The average molecular weight is 388 g/mol. The largest absolute Gasteiger partial charge is 0.379 e. The van der Waals surface area contributed by atoms with Crippen LogP contribution in [0.15, 0.2) is 59.5 Å². The molecule has 3 rings (SSSR count). The van der Waals surface area contributed by atoms with Crippen molar-refractivity contribution in [2.24, 2.45) is 0 Å². The molecule has 1 heterocycles. The van der Waals surface area contributed by atoms with Crippen LogP contribution in [-0.4, -0.2) is 51.5 Å². The molecular weight excluding hydrogens is 364 g/mol. The van der Waals surface area contributed by atoms with E-state index in [2.05, 4.69) is 17.4 Å². The molecule has 0 unspecified atom stereocenters. The van der Waals surface area contributed by atoms with E-state index in [1.165, 1.54) is 22.0 Å². The summed E-state index contributed by atoms with van der Waals surface area (Å²) < 4.78 is 31.8. The third-order valence-corrected chi connectivity index (χ3v) is 6.41. The standard InChI is InChI=1S/C20H24N2O4S/c23-20(21-12-4-7-17-5-2-1-3-6-17)18-8-10-19(11-9-18)27(24,25)22-13-15-26-16-14-22/h1-3,5-6,8-11H,4,7,12-16H2,(H,21,23). The molecule has 0 atom stereocenters. The number of carbonyl (C=O) groups is 1. The molecule has 0 saturated carbocycles. The lowest BCUT2D eigenvalue weighted by molar-refractivity contribution is 0.0730. The third kappa shape index (κ3) is 5.15. The lowest BCUT2D eigenvalue weighted by Gasteiger charge is -2.26. The molecule has 27 heavy (non-hydrogen) atoms. The zero-order chi connectivity index (χ0) is 19.1. The summed E-state index contributed by atoms with van der Waals surface area (Å²) in [6, 6.07) is 16.2. The van der Waals surface area contributed by atoms with Crippen LogP contribution in [0.4, 0.5) is 0 Å². The maximum Gasteiger partial charge on any atom is 0.251 e. The van der Waals surface area contributed by atoms with Crippen LogP contribution in [0, 0.1) is 0 Å². The number of rotatable bonds is 7. The van der Waals surface area contributed by atoms with Crippen molar-refractivity contribution in [3.63, 3.8) is 0 Å². The van der Waals surface area contributed by atoms with Crippen molar-refractivity contribution in [2.45, 2.75) is 17.7 Å². The van der Waals surface area contributed by atoms with E-state index < -0.39 is 10.0 Å². The molecule has 0 spiro atoms. The van der Waals surface area contributed by atoms with Crippen LogP contribution < -0.4 is 5.32 Å². The first-order chi connectivity index (χ1) is 13.1. The van der Waals surface area contributed by atoms with Crippen molar-refractivity contribution in [1.82, 2.24) is 9.62 Å². The lowest BCUT2D eigenvalue weighted by atomic mass is 10.1. The molecule has 1 aliphatic heterocycles. The molecule has 0 aliphatic carbocycles. The second-order valence-electron chi connectivity index (χ2n) is 6.39. The molecule has 0 radical (unpaired) electrons. The molecule has 1 fully saturated rings. The van der Waals surface area contributed by atoms with E-state index >= 15 is 0 Å². The van der Waals surface area contributed by atoms with Crippen LogP contribution in [0.2, 0.25) is 0 Å². The van der Waals surface area contributed by atoms with E-state index in [0.29, 0.717) is 38.4 Å². The maximum absolute atomic E-state index is 12.6. The fourth-order valence-corrected chi connectivity index (χ4v) is 4.36. The highest BCUT2D eigenvalue weighted by Crippen LogP contribution is 2.17. The number of nitrogens with one attached hydrogen (secondary N) is 1. The van der Waals surface area contributed by atoms with Crippen LogP contribution in [0.3, 0.4) is 0 Å². The van der Waals surface area contributed by atoms with Crippen LogP contribution in [-0.2, 0) is 21.2 Å². The van der Waals surface area contributed by atoms with E-state index in [1.54, 1.807) is 12.1 Å². The summed E-state index contributed by atoms with van der Waals surface area (Å²) in [6.45, 7) is 2.09. The number of amides is 1. The number of hydrogen-bond donors (Lipinski definition) is 1. The monoisotopic (exact) mass is 388 g/mol. The van der Waals surface area contributed by atoms with Gasteiger partial charge in [0.25, 0.3) is 5.91 Å². The Balaban J connectivity index is 1.52. The van der Waals surface area contributed by atoms with E-state index in [0.717, 1.165) is 12.8 Å². The normalized spacial score (nSPS) is 15.4. The van der Waals surface area contributed by atoms with Gasteiger partial charge in [-0.25, -0.2) is 8.42 Å². The molecule has 1 saturated heterocycles. The van der Waals surface area contributed by atoms with Gasteiger partial charge in [-0.05, 0) is 42.7 Å². The van der Waals surface area contributed by atoms with Gasteiger partial charge < -0.3 is 10.1 Å². The minimum Gasteiger partial charge on any atom is -0.379 e. The Labute approximate surface area is 160 Å². The summed E-state index contributed by atoms with van der Waals surface area (Å²) in [4.78, 5) is 12.4. The van der Waals surface area contributed by atoms with Crippen LogP contribution in [0.1, 0.15) is 22.3 Å². The molecule has 144 valence electrons. The van der Waals surface area contributed by atoms with Gasteiger partial charge in [0, 0.05) is 25.2 Å². The minimum atomic E-state index is -3.53. The van der Waals surface area contributed by atoms with E-state index in [-0.39, 0.29) is 10.8 Å². The summed E-state index contributed by atoms with van der Waals surface area (Å²) in [5.74, 6) is -0.196. The molecule has 1 N–H and O–H groups in total. The summed E-state index contributed by atoms with van der Waals surface area (Å²) in [5, 5.41) is 2.88. The predicted octanol–water partition coefficient (Wildman–Crippen LogP) is 2.07. The molecule has 2 aromatic rings. The van der Waals surface area contributed by atoms with Crippen LogP contribution >= 0.6 is 0 Å². The average Bonchev–Trinajstić information content (AvgIpc) is 2.72. The highest BCUT2D eigenvalue weighted by atomic mass is 32.2. The van der Waals surface area contributed by atoms with Gasteiger partial charge in [0.05, 0.1) is 18.1 Å². The number of nitrogens with zero attached hydrogens (tertiary/aromatic N) is 1. The van der Waals surface area contributed by atoms with Gasteiger partial charge in [0.2, 0.25) is 10.0 Å². The maximum atomic E-state index is 12.6. The first-order valence-electron chi connectivity index (χ1n) is 9.07. The Hall–Kier alpha value is -2.22. The van der Waals surface area contributed by atoms with Crippen molar-refractivity contribution >= 4 is 15.9 Å². The van der Waals surface area contributed by atoms with Crippen molar-refractivity contribution in [3.05, 3.63) is 65.7 Å². The molecular formula is C20H24N2O4S. The highest BCUT2D eigenvalue weighted by Gasteiger charge is 2.26. The second kappa shape index (κ2) is 9.12. The Morgan fingerprint density at radius 3 is 2.33 bits per heavy atom. The molecule has 2 aromatic carbocycles. The van der Waals surface area contributed by atoms with Gasteiger partial charge in [-0.2, -0.15) is 4.31 Å². The number of hydrogen-bond acceptors (Lipinski definition) is 4. The van der Waals surface area contributed by atoms with Gasteiger partial charge >= 0.3 is 0 Å². The highest BCUT2D eigenvalue weighted by molar-refractivity contribution is 7.89. The Kier molecular flexibility index (Phi) is 6.60. The minimum absolute atomic E-state index is 0.196. The van der Waals surface area contributed by atoms with E-state index in [1.807, 2.05) is 18.2 Å². The SMILES string of the molecule is O=C(NCCCc1ccccc1)c1ccc(S(=O)(=O)N2CCOCC2)cc1. The summed E-state index contributed by atoms with van der Waals surface area (Å²) in [7, 11) is -3.53. The molecule has 0 bridgehead atoms. The Morgan fingerprint density at radius 2 is 1.67 bits per heavy atom. The van der Waals surface area contributed by atoms with Crippen LogP contribution in [0.5, 0.6) is 0 Å². The fraction of sp³-hybridized carbons (Fsp3) is 0.350. The summed E-state index contributed by atoms with van der Waals surface area (Å²) in [5.41, 5.74) is 1.69. The van der Waals surface area contributed by atoms with E-state index in [4.69, 9.17) is 4.74 Å².